The van der Waals surface area contributed by atoms with Crippen molar-refractivity contribution in [3.8, 4) is 5.75 Å². The second kappa shape index (κ2) is 10.5. The third-order valence-electron chi connectivity index (χ3n) is 4.00. The summed E-state index contributed by atoms with van der Waals surface area (Å²) >= 11 is -1.30. The summed E-state index contributed by atoms with van der Waals surface area (Å²) in [6, 6.07) is 8.54. The third-order valence-corrected chi connectivity index (χ3v) is 4.95. The van der Waals surface area contributed by atoms with Gasteiger partial charge in [0.25, 0.3) is 0 Å². The predicted octanol–water partition coefficient (Wildman–Crippen LogP) is 2.14. The SMILES string of the molecule is CC(CCNCC(O)c1ccc(O)c([S+](C)[O-])c1)OCc1cccnc1. The number of aliphatic hydroxyl groups excluding tert-OH is 1. The van der Waals surface area contributed by atoms with Crippen LogP contribution in [0.5, 0.6) is 5.75 Å². The number of hydrogen-bond acceptors (Lipinski definition) is 6. The zero-order valence-corrected chi connectivity index (χ0v) is 15.9. The van der Waals surface area contributed by atoms with E-state index in [0.29, 0.717) is 30.2 Å². The van der Waals surface area contributed by atoms with E-state index in [2.05, 4.69) is 10.3 Å². The Morgan fingerprint density at radius 1 is 1.35 bits per heavy atom. The zero-order chi connectivity index (χ0) is 18.9. The lowest BCUT2D eigenvalue weighted by molar-refractivity contribution is 0.0469. The van der Waals surface area contributed by atoms with Gasteiger partial charge in [0.1, 0.15) is 6.26 Å². The smallest absolute Gasteiger partial charge is 0.194 e. The fraction of sp³-hybridized carbons (Fsp3) is 0.421. The largest absolute Gasteiger partial charge is 0.612 e. The Bertz CT molecular complexity index is 670. The second-order valence-corrected chi connectivity index (χ2v) is 7.52. The summed E-state index contributed by atoms with van der Waals surface area (Å²) in [5, 5.41) is 23.1. The van der Waals surface area contributed by atoms with Crippen molar-refractivity contribution in [3.63, 3.8) is 0 Å². The number of hydrogen-bond donors (Lipinski definition) is 3. The van der Waals surface area contributed by atoms with Crippen molar-refractivity contribution in [2.75, 3.05) is 19.3 Å². The highest BCUT2D eigenvalue weighted by Gasteiger charge is 2.16. The molecule has 0 aliphatic carbocycles. The molecule has 26 heavy (non-hydrogen) atoms. The van der Waals surface area contributed by atoms with E-state index in [9.17, 15) is 14.8 Å². The quantitative estimate of drug-likeness (QED) is 0.433. The molecule has 2 aromatic rings. The van der Waals surface area contributed by atoms with E-state index in [1.54, 1.807) is 24.5 Å². The summed E-state index contributed by atoms with van der Waals surface area (Å²) in [6.07, 6.45) is 5.18. The Morgan fingerprint density at radius 2 is 2.15 bits per heavy atom. The van der Waals surface area contributed by atoms with Crippen LogP contribution >= 0.6 is 0 Å². The van der Waals surface area contributed by atoms with Crippen LogP contribution in [-0.2, 0) is 22.5 Å². The first-order chi connectivity index (χ1) is 12.5. The lowest BCUT2D eigenvalue weighted by atomic mass is 10.1. The maximum atomic E-state index is 11.6. The van der Waals surface area contributed by atoms with Gasteiger partial charge in [-0.1, -0.05) is 12.1 Å². The summed E-state index contributed by atoms with van der Waals surface area (Å²) in [7, 11) is 0. The molecule has 142 valence electrons. The minimum atomic E-state index is -1.30. The zero-order valence-electron chi connectivity index (χ0n) is 15.1. The van der Waals surface area contributed by atoms with Crippen molar-refractivity contribution in [3.05, 3.63) is 53.9 Å². The van der Waals surface area contributed by atoms with Crippen LogP contribution in [-0.4, -0.2) is 45.2 Å². The molecule has 7 heteroatoms. The fourth-order valence-electron chi connectivity index (χ4n) is 2.44. The number of rotatable bonds is 10. The molecular formula is C19H26N2O4S. The van der Waals surface area contributed by atoms with Gasteiger partial charge in [0, 0.05) is 25.0 Å². The first-order valence-corrected chi connectivity index (χ1v) is 10.1. The Kier molecular flexibility index (Phi) is 8.34. The number of nitrogens with one attached hydrogen (secondary N) is 1. The van der Waals surface area contributed by atoms with Gasteiger partial charge < -0.3 is 24.8 Å². The first kappa shape index (κ1) is 20.7. The molecule has 0 radical (unpaired) electrons. The average molecular weight is 378 g/mol. The number of phenolic OH excluding ortho intramolecular Hbond substituents is 1. The van der Waals surface area contributed by atoms with Crippen LogP contribution in [0.15, 0.2) is 47.6 Å². The molecule has 0 aliphatic heterocycles. The van der Waals surface area contributed by atoms with Crippen molar-refractivity contribution >= 4 is 11.2 Å². The lowest BCUT2D eigenvalue weighted by Crippen LogP contribution is -2.25. The molecule has 2 rings (SSSR count). The van der Waals surface area contributed by atoms with Crippen molar-refractivity contribution in [2.45, 2.75) is 37.1 Å². The van der Waals surface area contributed by atoms with Crippen LogP contribution in [0.2, 0.25) is 0 Å². The van der Waals surface area contributed by atoms with Crippen LogP contribution in [0.25, 0.3) is 0 Å². The van der Waals surface area contributed by atoms with E-state index in [-0.39, 0.29) is 11.9 Å². The maximum Gasteiger partial charge on any atom is 0.194 e. The molecule has 0 saturated heterocycles. The molecule has 1 aromatic carbocycles. The summed E-state index contributed by atoms with van der Waals surface area (Å²) in [5.41, 5.74) is 1.67. The number of aromatic hydroxyl groups is 1. The molecule has 0 aliphatic rings. The summed E-state index contributed by atoms with van der Waals surface area (Å²) in [4.78, 5) is 4.39. The van der Waals surface area contributed by atoms with E-state index in [1.807, 2.05) is 19.1 Å². The van der Waals surface area contributed by atoms with Gasteiger partial charge in [-0.2, -0.15) is 0 Å². The standard InChI is InChI=1S/C19H26N2O4S/c1-14(25-13-15-4-3-8-20-11-15)7-9-21-12-18(23)16-5-6-17(22)19(10-16)26(2)24/h3-6,8,10-11,14,18,21-23H,7,9,12-13H2,1-2H3. The summed E-state index contributed by atoms with van der Waals surface area (Å²) < 4.78 is 17.3. The Labute approximate surface area is 157 Å². The van der Waals surface area contributed by atoms with Crippen LogP contribution in [0.4, 0.5) is 0 Å². The van der Waals surface area contributed by atoms with Gasteiger partial charge in [-0.3, -0.25) is 4.98 Å². The molecule has 1 aromatic heterocycles. The number of aliphatic hydroxyl groups is 1. The number of phenols is 1. The summed E-state index contributed by atoms with van der Waals surface area (Å²) in [5.74, 6) is -0.0191. The number of ether oxygens (including phenoxy) is 1. The lowest BCUT2D eigenvalue weighted by Gasteiger charge is -2.16. The highest BCUT2D eigenvalue weighted by atomic mass is 32.2. The van der Waals surface area contributed by atoms with Crippen molar-refractivity contribution in [1.29, 1.82) is 0 Å². The normalized spacial score (nSPS) is 14.8. The van der Waals surface area contributed by atoms with Crippen molar-refractivity contribution < 1.29 is 19.5 Å². The number of pyridine rings is 1. The molecule has 3 atom stereocenters. The van der Waals surface area contributed by atoms with Crippen LogP contribution < -0.4 is 5.32 Å². The van der Waals surface area contributed by atoms with Gasteiger partial charge in [0.05, 0.1) is 18.8 Å². The molecule has 0 fully saturated rings. The first-order valence-electron chi connectivity index (χ1n) is 8.53. The minimum Gasteiger partial charge on any atom is -0.612 e. The molecule has 6 nitrogen and oxygen atoms in total. The molecule has 0 amide bonds. The van der Waals surface area contributed by atoms with Crippen LogP contribution in [0, 0.1) is 0 Å². The van der Waals surface area contributed by atoms with Crippen molar-refractivity contribution in [1.82, 2.24) is 10.3 Å². The Hall–Kier alpha value is -1.64. The Balaban J connectivity index is 1.69. The molecule has 1 heterocycles. The molecule has 3 N–H and O–H groups in total. The van der Waals surface area contributed by atoms with E-state index < -0.39 is 17.3 Å². The average Bonchev–Trinajstić information content (AvgIpc) is 2.64. The monoisotopic (exact) mass is 378 g/mol. The highest BCUT2D eigenvalue weighted by Crippen LogP contribution is 2.26. The summed E-state index contributed by atoms with van der Waals surface area (Å²) in [6.45, 7) is 3.62. The van der Waals surface area contributed by atoms with Gasteiger partial charge in [0.2, 0.25) is 0 Å². The number of nitrogens with zero attached hydrogens (tertiary/aromatic N) is 1. The fourth-order valence-corrected chi connectivity index (χ4v) is 3.10. The van der Waals surface area contributed by atoms with E-state index >= 15 is 0 Å². The van der Waals surface area contributed by atoms with Gasteiger partial charge in [-0.15, -0.1) is 0 Å². The molecule has 0 spiro atoms. The van der Waals surface area contributed by atoms with Gasteiger partial charge in [0.15, 0.2) is 10.6 Å². The van der Waals surface area contributed by atoms with Gasteiger partial charge in [-0.05, 0) is 54.3 Å². The van der Waals surface area contributed by atoms with E-state index in [0.717, 1.165) is 12.0 Å². The van der Waals surface area contributed by atoms with Crippen molar-refractivity contribution in [2.24, 2.45) is 0 Å². The second-order valence-electron chi connectivity index (χ2n) is 6.17. The maximum absolute atomic E-state index is 11.6. The predicted molar refractivity (Wildman–Crippen MR) is 101 cm³/mol. The third kappa shape index (κ3) is 6.59. The topological polar surface area (TPSA) is 97.7 Å². The number of benzene rings is 1. The van der Waals surface area contributed by atoms with Gasteiger partial charge >= 0.3 is 0 Å². The molecule has 0 saturated carbocycles. The van der Waals surface area contributed by atoms with Crippen LogP contribution in [0.3, 0.4) is 0 Å². The van der Waals surface area contributed by atoms with Crippen LogP contribution in [0.1, 0.15) is 30.6 Å². The van der Waals surface area contributed by atoms with E-state index in [1.165, 1.54) is 12.3 Å². The van der Waals surface area contributed by atoms with Gasteiger partial charge in [-0.25, -0.2) is 0 Å². The molecular weight excluding hydrogens is 352 g/mol. The highest BCUT2D eigenvalue weighted by molar-refractivity contribution is 7.90. The minimum absolute atomic E-state index is 0.0191. The number of aromatic nitrogens is 1. The molecule has 0 bridgehead atoms. The Morgan fingerprint density at radius 3 is 2.85 bits per heavy atom. The van der Waals surface area contributed by atoms with E-state index in [4.69, 9.17) is 4.74 Å². The molecule has 3 unspecified atom stereocenters.